The molecule has 3 aromatic carbocycles. The summed E-state index contributed by atoms with van der Waals surface area (Å²) in [5, 5.41) is 22.1. The van der Waals surface area contributed by atoms with Crippen LogP contribution in [0, 0.1) is 11.1 Å². The van der Waals surface area contributed by atoms with Gasteiger partial charge in [0.05, 0.1) is 20.3 Å². The van der Waals surface area contributed by atoms with Crippen molar-refractivity contribution in [1.82, 2.24) is 10.2 Å². The lowest BCUT2D eigenvalue weighted by atomic mass is 9.86. The van der Waals surface area contributed by atoms with E-state index in [1.54, 1.807) is 24.3 Å². The van der Waals surface area contributed by atoms with Gasteiger partial charge in [0.2, 0.25) is 5.76 Å². The van der Waals surface area contributed by atoms with Gasteiger partial charge in [-0.05, 0) is 84.9 Å². The van der Waals surface area contributed by atoms with Crippen LogP contribution in [0.3, 0.4) is 0 Å². The molecule has 5 heterocycles. The number of carboxylic acid groups (broad SMARTS) is 1. The van der Waals surface area contributed by atoms with Crippen LogP contribution in [0.5, 0.6) is 17.2 Å². The highest BCUT2D eigenvalue weighted by atomic mass is 35.5. The second-order valence-electron chi connectivity index (χ2n) is 13.8. The predicted octanol–water partition coefficient (Wildman–Crippen LogP) is 7.57. The Morgan fingerprint density at radius 3 is 2.20 bits per heavy atom. The molecule has 16 heteroatoms. The molecule has 1 amide bonds. The van der Waals surface area contributed by atoms with Crippen molar-refractivity contribution in [2.45, 2.75) is 44.1 Å². The Kier molecular flexibility index (Phi) is 14.6. The van der Waals surface area contributed by atoms with Gasteiger partial charge in [-0.25, -0.2) is 9.59 Å². The average molecular weight is 849 g/mol. The van der Waals surface area contributed by atoms with Crippen molar-refractivity contribution in [2.75, 3.05) is 33.9 Å². The number of nitrogens with one attached hydrogen (secondary N) is 1. The van der Waals surface area contributed by atoms with Crippen molar-refractivity contribution in [3.8, 4) is 17.2 Å². The Hall–Kier alpha value is -5.96. The molecule has 3 aliphatic heterocycles. The van der Waals surface area contributed by atoms with Gasteiger partial charge in [-0.3, -0.25) is 9.69 Å². The van der Waals surface area contributed by atoms with Crippen LogP contribution < -0.4 is 24.3 Å². The maximum Gasteiger partial charge on any atom is 0.408 e. The SMILES string of the molecule is COc1ccc([C@H](Cc2c(Cl)c[n+]([O-])cc2Cl)OC(=O)c2ccc(COc3ccc(C(NC(=O)O[C@H]4CN5CCC4CC5)c4ccccc4)cc3)o2)cc1OC.O=CO. The third kappa shape index (κ3) is 11.0. The molecule has 59 heavy (non-hydrogen) atoms. The van der Waals surface area contributed by atoms with Crippen molar-refractivity contribution in [3.63, 3.8) is 0 Å². The summed E-state index contributed by atoms with van der Waals surface area (Å²) in [7, 11) is 3.01. The molecule has 0 radical (unpaired) electrons. The number of carbonyl (C=O) groups excluding carboxylic acids is 2. The molecule has 5 aromatic rings. The van der Waals surface area contributed by atoms with Crippen LogP contribution in [0.25, 0.3) is 0 Å². The number of methoxy groups -OCH3 is 2. The number of hydrogen-bond acceptors (Lipinski definition) is 11. The van der Waals surface area contributed by atoms with E-state index in [1.165, 1.54) is 32.7 Å². The van der Waals surface area contributed by atoms with E-state index >= 15 is 0 Å². The van der Waals surface area contributed by atoms with Gasteiger partial charge in [0.15, 0.2) is 23.9 Å². The van der Waals surface area contributed by atoms with Crippen molar-refractivity contribution >= 4 is 41.7 Å². The van der Waals surface area contributed by atoms with E-state index in [4.69, 9.17) is 61.2 Å². The lowest BCUT2D eigenvalue weighted by Crippen LogP contribution is -2.52. The third-order valence-electron chi connectivity index (χ3n) is 10.2. The molecule has 3 atom stereocenters. The van der Waals surface area contributed by atoms with Crippen molar-refractivity contribution in [2.24, 2.45) is 5.92 Å². The number of nitrogens with zero attached hydrogens (tertiary/aromatic N) is 2. The van der Waals surface area contributed by atoms with Gasteiger partial charge in [0.1, 0.15) is 40.4 Å². The first kappa shape index (κ1) is 42.6. The van der Waals surface area contributed by atoms with E-state index in [0.717, 1.165) is 43.6 Å². The Labute approximate surface area is 350 Å². The average Bonchev–Trinajstić information content (AvgIpc) is 3.73. The van der Waals surface area contributed by atoms with Gasteiger partial charge in [-0.1, -0.05) is 71.7 Å². The molecule has 0 aliphatic carbocycles. The molecule has 3 aliphatic rings. The molecule has 1 unspecified atom stereocenters. The van der Waals surface area contributed by atoms with Crippen LogP contribution >= 0.6 is 23.2 Å². The molecular weight excluding hydrogens is 805 g/mol. The predicted molar refractivity (Wildman–Crippen MR) is 216 cm³/mol. The molecule has 310 valence electrons. The summed E-state index contributed by atoms with van der Waals surface area (Å²) >= 11 is 12.8. The van der Waals surface area contributed by atoms with Gasteiger partial charge < -0.3 is 43.7 Å². The summed E-state index contributed by atoms with van der Waals surface area (Å²) in [5.74, 6) is 1.47. The van der Waals surface area contributed by atoms with E-state index < -0.39 is 24.2 Å². The molecule has 2 aromatic heterocycles. The van der Waals surface area contributed by atoms with Gasteiger partial charge in [0.25, 0.3) is 6.47 Å². The Bertz CT molecular complexity index is 2170. The number of fused-ring (bicyclic) bond motifs is 3. The number of amides is 1. The summed E-state index contributed by atoms with van der Waals surface area (Å²) in [6.07, 6.45) is 3.06. The first-order valence-electron chi connectivity index (χ1n) is 18.7. The van der Waals surface area contributed by atoms with Crippen LogP contribution in [0.1, 0.15) is 63.6 Å². The normalized spacial score (nSPS) is 17.7. The topological polar surface area (TPSA) is 173 Å². The number of carbonyl (C=O) groups is 3. The number of aromatic nitrogens is 1. The highest BCUT2D eigenvalue weighted by Gasteiger charge is 2.37. The number of alkyl carbamates (subject to hydrolysis) is 1. The number of pyridine rings is 1. The Morgan fingerprint density at radius 2 is 1.58 bits per heavy atom. The van der Waals surface area contributed by atoms with Crippen molar-refractivity contribution in [1.29, 1.82) is 0 Å². The molecule has 8 rings (SSSR count). The zero-order chi connectivity index (χ0) is 41.9. The standard InChI is InChI=1S/C42H41Cl2N3O9.CH2O2/c1-51-35-14-10-29(20-38(35)52-2)37(21-32-33(43)22-47(50)23-34(32)44)55-41(48)36-15-13-31(54-36)25-53-30-11-8-28(9-12-30)40(27-6-4-3-5-7-27)45-42(49)56-39-24-46-18-16-26(39)17-19-46;2-1-3/h3-15,20,22-23,26,37,39-40H,16-19,21,24-25H2,1-2H3,(H,45,49);1H,(H,2,3)/t37-,39-,40?;/m0./s1. The molecule has 14 nitrogen and oxygen atoms in total. The summed E-state index contributed by atoms with van der Waals surface area (Å²) in [6.45, 7) is 2.69. The molecule has 0 spiro atoms. The molecule has 3 saturated heterocycles. The van der Waals surface area contributed by atoms with Crippen molar-refractivity contribution < 1.29 is 52.3 Å². The molecule has 2 N–H and O–H groups in total. The number of ether oxygens (including phenoxy) is 5. The number of hydrogen-bond donors (Lipinski definition) is 2. The minimum atomic E-state index is -0.903. The summed E-state index contributed by atoms with van der Waals surface area (Å²) in [6, 6.07) is 24.9. The number of halogens is 2. The lowest BCUT2D eigenvalue weighted by molar-refractivity contribution is -0.605. The fourth-order valence-electron chi connectivity index (χ4n) is 7.19. The maximum absolute atomic E-state index is 13.5. The Morgan fingerprint density at radius 1 is 0.932 bits per heavy atom. The summed E-state index contributed by atoms with van der Waals surface area (Å²) in [5.41, 5.74) is 2.76. The number of rotatable bonds is 14. The van der Waals surface area contributed by atoms with E-state index in [0.29, 0.717) is 44.8 Å². The van der Waals surface area contributed by atoms with Crippen LogP contribution in [0.15, 0.2) is 102 Å². The van der Waals surface area contributed by atoms with Crippen molar-refractivity contribution in [3.05, 3.63) is 146 Å². The van der Waals surface area contributed by atoms with Gasteiger partial charge >= 0.3 is 12.1 Å². The lowest BCUT2D eigenvalue weighted by Gasteiger charge is -2.43. The summed E-state index contributed by atoms with van der Waals surface area (Å²) < 4.78 is 35.1. The van der Waals surface area contributed by atoms with Crippen LogP contribution in [0.4, 0.5) is 4.79 Å². The zero-order valence-electron chi connectivity index (χ0n) is 32.3. The quantitative estimate of drug-likeness (QED) is 0.0487. The zero-order valence-corrected chi connectivity index (χ0v) is 33.8. The fraction of sp³-hybridized carbons (Fsp3) is 0.302. The first-order valence-corrected chi connectivity index (χ1v) is 19.5. The molecular formula is C43H43Cl2N3O11. The second kappa shape index (κ2) is 20.1. The number of esters is 1. The number of benzene rings is 3. The molecule has 3 fully saturated rings. The third-order valence-corrected chi connectivity index (χ3v) is 10.8. The smallest absolute Gasteiger partial charge is 0.408 e. The van der Waals surface area contributed by atoms with Gasteiger partial charge in [-0.2, -0.15) is 4.73 Å². The molecule has 0 saturated carbocycles. The van der Waals surface area contributed by atoms with E-state index in [9.17, 15) is 14.8 Å². The van der Waals surface area contributed by atoms with Crippen LogP contribution in [-0.2, 0) is 27.3 Å². The highest BCUT2D eigenvalue weighted by molar-refractivity contribution is 6.35. The highest BCUT2D eigenvalue weighted by Crippen LogP contribution is 2.36. The van der Waals surface area contributed by atoms with Crippen LogP contribution in [0.2, 0.25) is 10.0 Å². The maximum atomic E-state index is 13.5. The number of furan rings is 1. The monoisotopic (exact) mass is 847 g/mol. The van der Waals surface area contributed by atoms with E-state index in [1.807, 2.05) is 54.6 Å². The van der Waals surface area contributed by atoms with E-state index in [-0.39, 0.29) is 41.4 Å². The second-order valence-corrected chi connectivity index (χ2v) is 14.6. The fourth-order valence-corrected chi connectivity index (χ4v) is 7.79. The Balaban J connectivity index is 0.00000189. The summed E-state index contributed by atoms with van der Waals surface area (Å²) in [4.78, 5) is 37.4. The molecule has 2 bridgehead atoms. The first-order chi connectivity index (χ1) is 28.6. The van der Waals surface area contributed by atoms with Gasteiger partial charge in [-0.15, -0.1) is 0 Å². The number of piperidine rings is 3. The largest absolute Gasteiger partial charge is 0.619 e. The minimum absolute atomic E-state index is 0.0302. The van der Waals surface area contributed by atoms with Gasteiger partial charge in [0, 0.05) is 18.5 Å². The minimum Gasteiger partial charge on any atom is -0.619 e. The van der Waals surface area contributed by atoms with E-state index in [2.05, 4.69) is 10.2 Å². The van der Waals surface area contributed by atoms with Crippen LogP contribution in [-0.4, -0.2) is 68.5 Å².